The van der Waals surface area contributed by atoms with E-state index in [-0.39, 0.29) is 5.91 Å². The number of morpholine rings is 1. The number of carbonyl (C=O) groups is 1. The molecule has 148 valence electrons. The van der Waals surface area contributed by atoms with Crippen LogP contribution >= 0.6 is 0 Å². The summed E-state index contributed by atoms with van der Waals surface area (Å²) in [7, 11) is 3.79. The zero-order chi connectivity index (χ0) is 19.5. The Labute approximate surface area is 164 Å². The molecule has 8 nitrogen and oxygen atoms in total. The van der Waals surface area contributed by atoms with Crippen LogP contribution in [0.4, 0.5) is 17.5 Å². The van der Waals surface area contributed by atoms with Gasteiger partial charge in [-0.05, 0) is 24.5 Å². The molecular weight excluding hydrogens is 358 g/mol. The monoisotopic (exact) mass is 383 g/mol. The molecule has 8 heteroatoms. The smallest absolute Gasteiger partial charge is 0.265 e. The van der Waals surface area contributed by atoms with Crippen LogP contribution in [-0.2, 0) is 16.0 Å². The predicted molar refractivity (Wildman–Crippen MR) is 107 cm³/mol. The highest BCUT2D eigenvalue weighted by Gasteiger charge is 2.27. The maximum Gasteiger partial charge on any atom is 0.265 e. The molecule has 1 aromatic carbocycles. The normalized spacial score (nSPS) is 18.8. The van der Waals surface area contributed by atoms with Crippen LogP contribution < -0.4 is 19.9 Å². The summed E-state index contributed by atoms with van der Waals surface area (Å²) in [5, 5.41) is 2.95. The van der Waals surface area contributed by atoms with Gasteiger partial charge in [0.15, 0.2) is 11.9 Å². The van der Waals surface area contributed by atoms with Crippen LogP contribution in [0.25, 0.3) is 0 Å². The summed E-state index contributed by atoms with van der Waals surface area (Å²) >= 11 is 0. The van der Waals surface area contributed by atoms with Gasteiger partial charge in [0.1, 0.15) is 11.4 Å². The van der Waals surface area contributed by atoms with E-state index in [0.29, 0.717) is 37.1 Å². The zero-order valence-corrected chi connectivity index (χ0v) is 16.2. The molecule has 1 amide bonds. The second-order valence-corrected chi connectivity index (χ2v) is 7.14. The van der Waals surface area contributed by atoms with Gasteiger partial charge in [-0.2, -0.15) is 4.98 Å². The van der Waals surface area contributed by atoms with Crippen LogP contribution in [0.15, 0.2) is 30.5 Å². The SMILES string of the molecule is CN(C)c1nc(N2CCOCC2)ncc1NC(=O)C1CCc2ccccc2O1. The lowest BCUT2D eigenvalue weighted by atomic mass is 10.0. The van der Waals surface area contributed by atoms with Gasteiger partial charge in [0.05, 0.1) is 19.4 Å². The van der Waals surface area contributed by atoms with Gasteiger partial charge in [0.25, 0.3) is 5.91 Å². The minimum Gasteiger partial charge on any atom is -0.480 e. The van der Waals surface area contributed by atoms with Crippen LogP contribution in [-0.4, -0.2) is 62.4 Å². The lowest BCUT2D eigenvalue weighted by Gasteiger charge is -2.28. The number of para-hydroxylation sites is 1. The molecule has 1 fully saturated rings. The van der Waals surface area contributed by atoms with Gasteiger partial charge in [-0.25, -0.2) is 4.98 Å². The van der Waals surface area contributed by atoms with Gasteiger partial charge in [-0.15, -0.1) is 0 Å². The second-order valence-electron chi connectivity index (χ2n) is 7.14. The summed E-state index contributed by atoms with van der Waals surface area (Å²) in [6.07, 6.45) is 2.61. The highest BCUT2D eigenvalue weighted by molar-refractivity contribution is 5.96. The number of benzene rings is 1. The van der Waals surface area contributed by atoms with Gasteiger partial charge in [-0.1, -0.05) is 18.2 Å². The largest absolute Gasteiger partial charge is 0.480 e. The molecule has 1 unspecified atom stereocenters. The number of fused-ring (bicyclic) bond motifs is 1. The topological polar surface area (TPSA) is 79.8 Å². The van der Waals surface area contributed by atoms with E-state index in [0.717, 1.165) is 30.8 Å². The van der Waals surface area contributed by atoms with Gasteiger partial charge in [0, 0.05) is 27.2 Å². The third kappa shape index (κ3) is 3.87. The predicted octanol–water partition coefficient (Wildman–Crippen LogP) is 1.71. The van der Waals surface area contributed by atoms with Crippen LogP contribution in [0.3, 0.4) is 0 Å². The quantitative estimate of drug-likeness (QED) is 0.861. The Hall–Kier alpha value is -2.87. The first kappa shape index (κ1) is 18.5. The Kier molecular flexibility index (Phi) is 5.29. The highest BCUT2D eigenvalue weighted by atomic mass is 16.5. The minimum absolute atomic E-state index is 0.180. The summed E-state index contributed by atoms with van der Waals surface area (Å²) < 4.78 is 11.3. The van der Waals surface area contributed by atoms with Gasteiger partial charge in [0.2, 0.25) is 5.95 Å². The molecule has 1 aromatic heterocycles. The number of nitrogens with zero attached hydrogens (tertiary/aromatic N) is 4. The molecule has 1 saturated heterocycles. The van der Waals surface area contributed by atoms with E-state index in [1.165, 1.54) is 0 Å². The first-order valence-electron chi connectivity index (χ1n) is 9.54. The van der Waals surface area contributed by atoms with Crippen molar-refractivity contribution in [2.75, 3.05) is 55.5 Å². The van der Waals surface area contributed by atoms with Crippen molar-refractivity contribution < 1.29 is 14.3 Å². The molecule has 28 heavy (non-hydrogen) atoms. The molecule has 0 aliphatic carbocycles. The van der Waals surface area contributed by atoms with Crippen molar-refractivity contribution in [1.29, 1.82) is 0 Å². The van der Waals surface area contributed by atoms with Crippen molar-refractivity contribution in [3.8, 4) is 5.75 Å². The number of aromatic nitrogens is 2. The lowest BCUT2D eigenvalue weighted by Crippen LogP contribution is -2.38. The summed E-state index contributed by atoms with van der Waals surface area (Å²) in [5.41, 5.74) is 1.72. The molecule has 0 spiro atoms. The third-order valence-electron chi connectivity index (χ3n) is 4.94. The molecule has 4 rings (SSSR count). The molecule has 2 aliphatic rings. The molecule has 0 radical (unpaired) electrons. The molecular formula is C20H25N5O3. The fourth-order valence-electron chi connectivity index (χ4n) is 3.43. The standard InChI is InChI=1S/C20H25N5O3/c1-24(2)18-15(13-21-20(23-18)25-9-11-27-12-10-25)22-19(26)17-8-7-14-5-3-4-6-16(14)28-17/h3-6,13,17H,7-12H2,1-2H3,(H,22,26). The van der Waals surface area contributed by atoms with E-state index in [1.54, 1.807) is 6.20 Å². The van der Waals surface area contributed by atoms with Crippen LogP contribution in [0.2, 0.25) is 0 Å². The molecule has 3 heterocycles. The number of anilines is 3. The maximum absolute atomic E-state index is 12.8. The molecule has 1 N–H and O–H groups in total. The fourth-order valence-corrected chi connectivity index (χ4v) is 3.43. The molecule has 2 aromatic rings. The van der Waals surface area contributed by atoms with Crippen LogP contribution in [0, 0.1) is 0 Å². The molecule has 2 aliphatic heterocycles. The third-order valence-corrected chi connectivity index (χ3v) is 4.94. The number of hydrogen-bond acceptors (Lipinski definition) is 7. The highest BCUT2D eigenvalue weighted by Crippen LogP contribution is 2.29. The van der Waals surface area contributed by atoms with E-state index < -0.39 is 6.10 Å². The van der Waals surface area contributed by atoms with E-state index in [9.17, 15) is 4.79 Å². The average Bonchev–Trinajstić information content (AvgIpc) is 2.74. The van der Waals surface area contributed by atoms with E-state index >= 15 is 0 Å². The average molecular weight is 383 g/mol. The summed E-state index contributed by atoms with van der Waals surface area (Å²) in [6, 6.07) is 7.84. The lowest BCUT2D eigenvalue weighted by molar-refractivity contribution is -0.123. The summed E-state index contributed by atoms with van der Waals surface area (Å²) in [6.45, 7) is 2.85. The summed E-state index contributed by atoms with van der Waals surface area (Å²) in [5.74, 6) is 1.91. The van der Waals surface area contributed by atoms with Crippen LogP contribution in [0.5, 0.6) is 5.75 Å². The van der Waals surface area contributed by atoms with Gasteiger partial charge >= 0.3 is 0 Å². The molecule has 1 atom stereocenters. The van der Waals surface area contributed by atoms with Crippen molar-refractivity contribution in [2.24, 2.45) is 0 Å². The maximum atomic E-state index is 12.8. The number of nitrogens with one attached hydrogen (secondary N) is 1. The number of ether oxygens (including phenoxy) is 2. The Balaban J connectivity index is 1.50. The van der Waals surface area contributed by atoms with E-state index in [4.69, 9.17) is 9.47 Å². The first-order valence-corrected chi connectivity index (χ1v) is 9.54. The molecule has 0 saturated carbocycles. The first-order chi connectivity index (χ1) is 13.6. The Morgan fingerprint density at radius 2 is 2.04 bits per heavy atom. The van der Waals surface area contributed by atoms with Crippen molar-refractivity contribution >= 4 is 23.4 Å². The van der Waals surface area contributed by atoms with Crippen molar-refractivity contribution in [3.63, 3.8) is 0 Å². The summed E-state index contributed by atoms with van der Waals surface area (Å²) in [4.78, 5) is 25.9. The number of hydrogen-bond donors (Lipinski definition) is 1. The van der Waals surface area contributed by atoms with Gasteiger partial charge in [-0.3, -0.25) is 4.79 Å². The number of aryl methyl sites for hydroxylation is 1. The Morgan fingerprint density at radius 3 is 2.82 bits per heavy atom. The Morgan fingerprint density at radius 1 is 1.25 bits per heavy atom. The van der Waals surface area contributed by atoms with Crippen molar-refractivity contribution in [3.05, 3.63) is 36.0 Å². The van der Waals surface area contributed by atoms with E-state index in [2.05, 4.69) is 20.2 Å². The zero-order valence-electron chi connectivity index (χ0n) is 16.2. The Bertz CT molecular complexity index is 851. The van der Waals surface area contributed by atoms with Crippen molar-refractivity contribution in [2.45, 2.75) is 18.9 Å². The van der Waals surface area contributed by atoms with Crippen LogP contribution in [0.1, 0.15) is 12.0 Å². The number of amides is 1. The fraction of sp³-hybridized carbons (Fsp3) is 0.450. The van der Waals surface area contributed by atoms with Crippen molar-refractivity contribution in [1.82, 2.24) is 9.97 Å². The van der Waals surface area contributed by atoms with Gasteiger partial charge < -0.3 is 24.6 Å². The van der Waals surface area contributed by atoms with E-state index in [1.807, 2.05) is 43.3 Å². The minimum atomic E-state index is -0.524. The number of carbonyl (C=O) groups excluding carboxylic acids is 1. The second kappa shape index (κ2) is 8.02. The number of rotatable bonds is 4. The molecule has 0 bridgehead atoms.